The van der Waals surface area contributed by atoms with Crippen LogP contribution in [0.1, 0.15) is 5.56 Å². The lowest BCUT2D eigenvalue weighted by molar-refractivity contribution is 0.426. The number of benzene rings is 3. The lowest BCUT2D eigenvalue weighted by atomic mass is 10.1. The van der Waals surface area contributed by atoms with E-state index in [1.54, 1.807) is 0 Å². The van der Waals surface area contributed by atoms with E-state index in [2.05, 4.69) is 0 Å². The van der Waals surface area contributed by atoms with Gasteiger partial charge in [0, 0.05) is 7.05 Å². The van der Waals surface area contributed by atoms with Crippen LogP contribution in [0, 0.1) is 6.92 Å². The summed E-state index contributed by atoms with van der Waals surface area (Å²) >= 11 is 0. The van der Waals surface area contributed by atoms with E-state index in [4.69, 9.17) is 4.74 Å². The van der Waals surface area contributed by atoms with Crippen molar-refractivity contribution in [2.75, 3.05) is 0 Å². The van der Waals surface area contributed by atoms with E-state index in [0.717, 1.165) is 41.0 Å². The molecule has 200 valence electrons. The minimum Gasteiger partial charge on any atom is -0.744 e. The minimum absolute atomic E-state index is 0.0851. The predicted octanol–water partition coefficient (Wildman–Crippen LogP) is 0.348. The SMILES string of the molecule is Cc1ccc(Oc2ccc(-n3c(=O)c4cc5c(=O)n(C)c(=O)c5cc4c3=O)cc2S(=O)(=O)[O-])c(S(=O)(=O)[O-])c1. The van der Waals surface area contributed by atoms with Crippen molar-refractivity contribution in [3.8, 4) is 17.2 Å². The van der Waals surface area contributed by atoms with Gasteiger partial charge in [-0.3, -0.25) is 23.7 Å². The summed E-state index contributed by atoms with van der Waals surface area (Å²) in [5.41, 5.74) is -3.22. The molecule has 0 aliphatic rings. The maximum atomic E-state index is 13.1. The van der Waals surface area contributed by atoms with E-state index in [-0.39, 0.29) is 27.2 Å². The molecule has 0 aliphatic heterocycles. The Hall–Kier alpha value is -4.44. The van der Waals surface area contributed by atoms with E-state index in [0.29, 0.717) is 16.2 Å². The quantitative estimate of drug-likeness (QED) is 0.264. The molecule has 2 aromatic heterocycles. The monoisotopic (exact) mass is 570 g/mol. The molecule has 3 aromatic carbocycles. The fraction of sp³-hybridized carbons (Fsp3) is 0.0833. The first-order chi connectivity index (χ1) is 18.1. The lowest BCUT2D eigenvalue weighted by Crippen LogP contribution is -2.24. The zero-order chi connectivity index (χ0) is 28.6. The van der Waals surface area contributed by atoms with Gasteiger partial charge in [-0.15, -0.1) is 0 Å². The molecule has 0 atom stereocenters. The molecular weight excluding hydrogens is 556 g/mol. The van der Waals surface area contributed by atoms with Crippen LogP contribution in [0.3, 0.4) is 0 Å². The second-order valence-electron chi connectivity index (χ2n) is 8.65. The third-order valence-corrected chi connectivity index (χ3v) is 7.85. The average Bonchev–Trinajstić information content (AvgIpc) is 3.22. The zero-order valence-corrected chi connectivity index (χ0v) is 21.5. The highest BCUT2D eigenvalue weighted by Gasteiger charge is 2.22. The summed E-state index contributed by atoms with van der Waals surface area (Å²) in [6.45, 7) is 1.50. The summed E-state index contributed by atoms with van der Waals surface area (Å²) in [7, 11) is -9.16. The van der Waals surface area contributed by atoms with Gasteiger partial charge in [0.15, 0.2) is 0 Å². The molecule has 0 saturated heterocycles. The van der Waals surface area contributed by atoms with Crippen molar-refractivity contribution in [1.29, 1.82) is 0 Å². The van der Waals surface area contributed by atoms with Crippen LogP contribution < -0.4 is 27.0 Å². The maximum absolute atomic E-state index is 13.1. The van der Waals surface area contributed by atoms with Crippen LogP contribution in [-0.2, 0) is 27.3 Å². The molecule has 39 heavy (non-hydrogen) atoms. The van der Waals surface area contributed by atoms with Crippen molar-refractivity contribution in [2.45, 2.75) is 16.7 Å². The van der Waals surface area contributed by atoms with Gasteiger partial charge in [0.1, 0.15) is 31.7 Å². The standard InChI is InChI=1S/C24H16N2O11S2/c1-11-3-5-17(19(7-11)38(31,32)33)37-18-6-4-12(8-20(18)39(34,35)36)26-23(29)15-9-13-14(10-16(15)24(26)30)22(28)25(2)21(13)27/h3-10H,1-2H3,(H,31,32,33)(H,34,35,36)/p-2. The van der Waals surface area contributed by atoms with E-state index in [1.165, 1.54) is 20.0 Å². The Balaban J connectivity index is 1.73. The van der Waals surface area contributed by atoms with Crippen molar-refractivity contribution in [3.63, 3.8) is 0 Å². The van der Waals surface area contributed by atoms with Crippen LogP contribution >= 0.6 is 0 Å². The van der Waals surface area contributed by atoms with Gasteiger partial charge in [0.25, 0.3) is 22.2 Å². The highest BCUT2D eigenvalue weighted by molar-refractivity contribution is 7.86. The lowest BCUT2D eigenvalue weighted by Gasteiger charge is -2.18. The highest BCUT2D eigenvalue weighted by atomic mass is 32.2. The summed E-state index contributed by atoms with van der Waals surface area (Å²) in [5, 5.41) is -0.602. The fourth-order valence-electron chi connectivity index (χ4n) is 4.26. The Morgan fingerprint density at radius 1 is 0.641 bits per heavy atom. The molecule has 5 aromatic rings. The molecule has 15 heteroatoms. The fourth-order valence-corrected chi connectivity index (χ4v) is 5.57. The number of ether oxygens (including phenoxy) is 1. The van der Waals surface area contributed by atoms with Crippen LogP contribution in [0.25, 0.3) is 27.2 Å². The van der Waals surface area contributed by atoms with Crippen molar-refractivity contribution in [3.05, 3.63) is 95.5 Å². The van der Waals surface area contributed by atoms with Crippen LogP contribution in [0.15, 0.2) is 77.5 Å². The Labute approximate surface area is 217 Å². The molecule has 0 N–H and O–H groups in total. The molecule has 0 spiro atoms. The molecule has 13 nitrogen and oxygen atoms in total. The molecule has 0 amide bonds. The Morgan fingerprint density at radius 3 is 1.56 bits per heavy atom. The van der Waals surface area contributed by atoms with Crippen molar-refractivity contribution < 1.29 is 30.7 Å². The van der Waals surface area contributed by atoms with Crippen LogP contribution in [0.4, 0.5) is 0 Å². The second kappa shape index (κ2) is 8.54. The molecule has 5 rings (SSSR count). The van der Waals surface area contributed by atoms with Gasteiger partial charge in [0.05, 0.1) is 37.0 Å². The van der Waals surface area contributed by atoms with Gasteiger partial charge in [-0.05, 0) is 55.0 Å². The molecule has 0 unspecified atom stereocenters. The zero-order valence-electron chi connectivity index (χ0n) is 19.8. The molecule has 2 heterocycles. The molecule has 0 aliphatic carbocycles. The topological polar surface area (TPSA) is 202 Å². The molecular formula is C24H14N2O11S2-2. The first-order valence-electron chi connectivity index (χ1n) is 10.8. The van der Waals surface area contributed by atoms with Gasteiger partial charge >= 0.3 is 0 Å². The Kier molecular flexibility index (Phi) is 5.73. The average molecular weight is 571 g/mol. The molecule has 0 saturated carbocycles. The highest BCUT2D eigenvalue weighted by Crippen LogP contribution is 2.34. The smallest absolute Gasteiger partial charge is 0.266 e. The van der Waals surface area contributed by atoms with Gasteiger partial charge in [-0.2, -0.15) is 0 Å². The molecule has 0 radical (unpaired) electrons. The number of hydrogen-bond donors (Lipinski definition) is 0. The first-order valence-corrected chi connectivity index (χ1v) is 13.6. The Bertz CT molecular complexity index is 2230. The largest absolute Gasteiger partial charge is 0.744 e. The van der Waals surface area contributed by atoms with Crippen LogP contribution in [0.5, 0.6) is 11.5 Å². The van der Waals surface area contributed by atoms with E-state index in [1.807, 2.05) is 0 Å². The van der Waals surface area contributed by atoms with Gasteiger partial charge in [-0.25, -0.2) is 21.4 Å². The van der Waals surface area contributed by atoms with E-state index < -0.39 is 63.8 Å². The summed E-state index contributed by atoms with van der Waals surface area (Å²) in [4.78, 5) is 49.0. The van der Waals surface area contributed by atoms with Crippen molar-refractivity contribution in [2.24, 2.45) is 7.05 Å². The second-order valence-corrected chi connectivity index (χ2v) is 11.3. The van der Waals surface area contributed by atoms with Crippen LogP contribution in [0.2, 0.25) is 0 Å². The minimum atomic E-state index is -5.34. The number of hydrogen-bond acceptors (Lipinski definition) is 11. The summed E-state index contributed by atoms with van der Waals surface area (Å²) in [6.07, 6.45) is 0. The predicted molar refractivity (Wildman–Crippen MR) is 134 cm³/mol. The number of fused-ring (bicyclic) bond motifs is 2. The van der Waals surface area contributed by atoms with Crippen molar-refractivity contribution >= 4 is 41.8 Å². The molecule has 0 bridgehead atoms. The third kappa shape index (κ3) is 4.17. The first kappa shape index (κ1) is 26.2. The van der Waals surface area contributed by atoms with Gasteiger partial charge in [-0.1, -0.05) is 6.07 Å². The maximum Gasteiger partial charge on any atom is 0.266 e. The number of aryl methyl sites for hydroxylation is 1. The third-order valence-electron chi connectivity index (χ3n) is 6.14. The van der Waals surface area contributed by atoms with Gasteiger partial charge in [0.2, 0.25) is 0 Å². The number of aromatic nitrogens is 2. The van der Waals surface area contributed by atoms with Crippen LogP contribution in [-0.4, -0.2) is 35.1 Å². The molecule has 0 fully saturated rings. The number of nitrogens with zero attached hydrogens (tertiary/aromatic N) is 2. The van der Waals surface area contributed by atoms with E-state index >= 15 is 0 Å². The summed E-state index contributed by atoms with van der Waals surface area (Å²) < 4.78 is 78.0. The summed E-state index contributed by atoms with van der Waals surface area (Å²) in [5.74, 6) is -1.22. The van der Waals surface area contributed by atoms with Gasteiger partial charge < -0.3 is 13.8 Å². The number of rotatable bonds is 5. The van der Waals surface area contributed by atoms with E-state index in [9.17, 15) is 45.1 Å². The Morgan fingerprint density at radius 2 is 1.08 bits per heavy atom. The van der Waals surface area contributed by atoms with Crippen molar-refractivity contribution in [1.82, 2.24) is 9.13 Å². The normalized spacial score (nSPS) is 12.4. The summed E-state index contributed by atoms with van der Waals surface area (Å²) in [6, 6.07) is 8.32.